The lowest BCUT2D eigenvalue weighted by atomic mass is 10.0. The van der Waals surface area contributed by atoms with E-state index < -0.39 is 0 Å². The molecule has 0 amide bonds. The Bertz CT molecular complexity index is 175. The lowest BCUT2D eigenvalue weighted by Crippen LogP contribution is -2.39. The van der Waals surface area contributed by atoms with E-state index in [0.717, 1.165) is 25.0 Å². The van der Waals surface area contributed by atoms with Crippen molar-refractivity contribution in [2.75, 3.05) is 40.4 Å². The first-order valence-corrected chi connectivity index (χ1v) is 6.06. The summed E-state index contributed by atoms with van der Waals surface area (Å²) in [7, 11) is 3.83. The summed E-state index contributed by atoms with van der Waals surface area (Å²) in [6.07, 6.45) is 1.30. The van der Waals surface area contributed by atoms with Gasteiger partial charge in [-0.05, 0) is 45.3 Å². The molecule has 0 aromatic carbocycles. The molecule has 1 aliphatic rings. The first-order valence-electron chi connectivity index (χ1n) is 6.06. The van der Waals surface area contributed by atoms with E-state index in [1.807, 2.05) is 7.05 Å². The van der Waals surface area contributed by atoms with Crippen LogP contribution in [0.25, 0.3) is 0 Å². The van der Waals surface area contributed by atoms with Crippen LogP contribution in [0.3, 0.4) is 0 Å². The normalized spacial score (nSPS) is 26.8. The molecule has 0 aromatic rings. The minimum Gasteiger partial charge on any atom is -0.384 e. The highest BCUT2D eigenvalue weighted by Gasteiger charge is 2.28. The van der Waals surface area contributed by atoms with Crippen molar-refractivity contribution in [1.29, 1.82) is 0 Å². The highest BCUT2D eigenvalue weighted by Crippen LogP contribution is 2.21. The first kappa shape index (κ1) is 12.9. The Labute approximate surface area is 94.2 Å². The molecule has 90 valence electrons. The molecule has 3 heteroatoms. The standard InChI is InChI=1S/C12H26N2O/c1-10(7-13-3)11(2)14-6-5-12(8-14)9-15-4/h10-13H,5-9H2,1-4H3. The van der Waals surface area contributed by atoms with E-state index >= 15 is 0 Å². The predicted molar refractivity (Wildman–Crippen MR) is 64.1 cm³/mol. The fourth-order valence-electron chi connectivity index (χ4n) is 2.46. The summed E-state index contributed by atoms with van der Waals surface area (Å²) in [5.41, 5.74) is 0. The largest absolute Gasteiger partial charge is 0.384 e. The summed E-state index contributed by atoms with van der Waals surface area (Å²) in [6.45, 7) is 9.14. The molecular formula is C12H26N2O. The molecule has 0 bridgehead atoms. The molecule has 0 saturated carbocycles. The van der Waals surface area contributed by atoms with Crippen LogP contribution in [-0.2, 0) is 4.74 Å². The number of rotatable bonds is 6. The van der Waals surface area contributed by atoms with Gasteiger partial charge in [-0.1, -0.05) is 6.92 Å². The fourth-order valence-corrected chi connectivity index (χ4v) is 2.46. The Balaban J connectivity index is 2.32. The molecule has 1 fully saturated rings. The Morgan fingerprint density at radius 1 is 1.47 bits per heavy atom. The minimum absolute atomic E-state index is 0.680. The van der Waals surface area contributed by atoms with Crippen molar-refractivity contribution < 1.29 is 4.74 Å². The third-order valence-electron chi connectivity index (χ3n) is 3.65. The first-order chi connectivity index (χ1) is 7.19. The number of nitrogens with zero attached hydrogens (tertiary/aromatic N) is 1. The van der Waals surface area contributed by atoms with Crippen molar-refractivity contribution in [3.05, 3.63) is 0 Å². The maximum atomic E-state index is 5.22. The van der Waals surface area contributed by atoms with Gasteiger partial charge in [-0.3, -0.25) is 4.90 Å². The van der Waals surface area contributed by atoms with Gasteiger partial charge < -0.3 is 10.1 Å². The molecule has 3 atom stereocenters. The average molecular weight is 214 g/mol. The molecule has 1 saturated heterocycles. The van der Waals surface area contributed by atoms with Crippen LogP contribution in [0.4, 0.5) is 0 Å². The van der Waals surface area contributed by atoms with Crippen molar-refractivity contribution in [1.82, 2.24) is 10.2 Å². The van der Waals surface area contributed by atoms with Gasteiger partial charge in [-0.25, -0.2) is 0 Å². The quantitative estimate of drug-likeness (QED) is 0.719. The van der Waals surface area contributed by atoms with Crippen LogP contribution in [0.5, 0.6) is 0 Å². The van der Waals surface area contributed by atoms with Gasteiger partial charge in [-0.15, -0.1) is 0 Å². The van der Waals surface area contributed by atoms with E-state index in [-0.39, 0.29) is 0 Å². The second-order valence-electron chi connectivity index (χ2n) is 4.88. The smallest absolute Gasteiger partial charge is 0.0503 e. The number of ether oxygens (including phenoxy) is 1. The van der Waals surface area contributed by atoms with E-state index in [9.17, 15) is 0 Å². The van der Waals surface area contributed by atoms with E-state index in [0.29, 0.717) is 6.04 Å². The summed E-state index contributed by atoms with van der Waals surface area (Å²) in [6, 6.07) is 0.680. The van der Waals surface area contributed by atoms with E-state index in [4.69, 9.17) is 4.74 Å². The fraction of sp³-hybridized carbons (Fsp3) is 1.00. The number of likely N-dealkylation sites (tertiary alicyclic amines) is 1. The molecule has 1 N–H and O–H groups in total. The average Bonchev–Trinajstić information content (AvgIpc) is 2.66. The van der Waals surface area contributed by atoms with E-state index in [2.05, 4.69) is 24.1 Å². The lowest BCUT2D eigenvalue weighted by Gasteiger charge is -2.29. The third kappa shape index (κ3) is 3.74. The number of methoxy groups -OCH3 is 1. The van der Waals surface area contributed by atoms with Crippen LogP contribution in [-0.4, -0.2) is 51.3 Å². The monoisotopic (exact) mass is 214 g/mol. The zero-order valence-electron chi connectivity index (χ0n) is 10.6. The van der Waals surface area contributed by atoms with Gasteiger partial charge in [0, 0.05) is 19.7 Å². The van der Waals surface area contributed by atoms with Crippen molar-refractivity contribution >= 4 is 0 Å². The molecule has 3 nitrogen and oxygen atoms in total. The van der Waals surface area contributed by atoms with Gasteiger partial charge >= 0.3 is 0 Å². The second kappa shape index (κ2) is 6.46. The summed E-state index contributed by atoms with van der Waals surface area (Å²) >= 11 is 0. The topological polar surface area (TPSA) is 24.5 Å². The van der Waals surface area contributed by atoms with Crippen molar-refractivity contribution in [2.24, 2.45) is 11.8 Å². The van der Waals surface area contributed by atoms with Crippen LogP contribution in [0.2, 0.25) is 0 Å². The second-order valence-corrected chi connectivity index (χ2v) is 4.88. The van der Waals surface area contributed by atoms with Crippen LogP contribution >= 0.6 is 0 Å². The van der Waals surface area contributed by atoms with Gasteiger partial charge in [-0.2, -0.15) is 0 Å². The number of hydrogen-bond donors (Lipinski definition) is 1. The predicted octanol–water partition coefficient (Wildman–Crippen LogP) is 1.20. The lowest BCUT2D eigenvalue weighted by molar-refractivity contribution is 0.140. The maximum absolute atomic E-state index is 5.22. The van der Waals surface area contributed by atoms with E-state index in [1.165, 1.54) is 19.5 Å². The SMILES string of the molecule is CNCC(C)C(C)N1CCC(COC)C1. The molecule has 0 aromatic heterocycles. The molecule has 15 heavy (non-hydrogen) atoms. The molecule has 3 unspecified atom stereocenters. The van der Waals surface area contributed by atoms with Crippen molar-refractivity contribution in [3.8, 4) is 0 Å². The van der Waals surface area contributed by atoms with Crippen molar-refractivity contribution in [3.63, 3.8) is 0 Å². The molecule has 0 aliphatic carbocycles. The third-order valence-corrected chi connectivity index (χ3v) is 3.65. The summed E-state index contributed by atoms with van der Waals surface area (Å²) < 4.78 is 5.22. The maximum Gasteiger partial charge on any atom is 0.0503 e. The van der Waals surface area contributed by atoms with Gasteiger partial charge in [0.25, 0.3) is 0 Å². The summed E-state index contributed by atoms with van der Waals surface area (Å²) in [4.78, 5) is 2.60. The highest BCUT2D eigenvalue weighted by molar-refractivity contribution is 4.82. The number of hydrogen-bond acceptors (Lipinski definition) is 3. The Morgan fingerprint density at radius 2 is 2.20 bits per heavy atom. The Morgan fingerprint density at radius 3 is 2.80 bits per heavy atom. The van der Waals surface area contributed by atoms with Gasteiger partial charge in [0.05, 0.1) is 6.61 Å². The van der Waals surface area contributed by atoms with Crippen LogP contribution < -0.4 is 5.32 Å². The zero-order valence-corrected chi connectivity index (χ0v) is 10.6. The van der Waals surface area contributed by atoms with Gasteiger partial charge in [0.15, 0.2) is 0 Å². The summed E-state index contributed by atoms with van der Waals surface area (Å²) in [5.74, 6) is 1.47. The zero-order chi connectivity index (χ0) is 11.3. The van der Waals surface area contributed by atoms with Crippen molar-refractivity contribution in [2.45, 2.75) is 26.3 Å². The highest BCUT2D eigenvalue weighted by atomic mass is 16.5. The molecule has 0 radical (unpaired) electrons. The van der Waals surface area contributed by atoms with Crippen LogP contribution in [0.1, 0.15) is 20.3 Å². The number of nitrogens with one attached hydrogen (secondary N) is 1. The molecular weight excluding hydrogens is 188 g/mol. The molecule has 1 aliphatic heterocycles. The molecule has 1 rings (SSSR count). The van der Waals surface area contributed by atoms with Gasteiger partial charge in [0.2, 0.25) is 0 Å². The molecule has 0 spiro atoms. The summed E-state index contributed by atoms with van der Waals surface area (Å²) in [5, 5.41) is 3.26. The van der Waals surface area contributed by atoms with E-state index in [1.54, 1.807) is 7.11 Å². The van der Waals surface area contributed by atoms with Crippen LogP contribution in [0.15, 0.2) is 0 Å². The minimum atomic E-state index is 0.680. The molecule has 1 heterocycles. The van der Waals surface area contributed by atoms with Gasteiger partial charge in [0.1, 0.15) is 0 Å². The van der Waals surface area contributed by atoms with Crippen LogP contribution in [0, 0.1) is 11.8 Å². The Kier molecular flexibility index (Phi) is 5.58. The Hall–Kier alpha value is -0.120.